The molecule has 0 radical (unpaired) electrons. The summed E-state index contributed by atoms with van der Waals surface area (Å²) < 4.78 is 0. The van der Waals surface area contributed by atoms with Crippen molar-refractivity contribution in [2.75, 3.05) is 6.54 Å². The van der Waals surface area contributed by atoms with E-state index in [2.05, 4.69) is 4.99 Å². The number of amidine groups is 1. The number of hydrogen-bond acceptors (Lipinski definition) is 3. The fourth-order valence-electron chi connectivity index (χ4n) is 0.947. The average molecular weight is 250 g/mol. The van der Waals surface area contributed by atoms with Gasteiger partial charge in [-0.1, -0.05) is 11.6 Å². The monoisotopic (exact) mass is 249 g/mol. The fourth-order valence-corrected chi connectivity index (χ4v) is 0.947. The molecule has 94 valence electrons. The molecule has 0 spiro atoms. The number of carboxylic acid groups (broad SMARTS) is 1. The zero-order valence-electron chi connectivity index (χ0n) is 9.64. The highest BCUT2D eigenvalue weighted by molar-refractivity contribution is 5.85. The van der Waals surface area contributed by atoms with Crippen LogP contribution in [0.25, 0.3) is 0 Å². The Morgan fingerprint density at radius 1 is 1.50 bits per heavy atom. The summed E-state index contributed by atoms with van der Waals surface area (Å²) in [4.78, 5) is 14.4. The number of nitrogens with two attached hydrogens (primary N) is 2. The quantitative estimate of drug-likeness (QED) is 0.370. The van der Waals surface area contributed by atoms with Crippen molar-refractivity contribution < 1.29 is 9.90 Å². The summed E-state index contributed by atoms with van der Waals surface area (Å²) in [5.74, 6) is -0.415. The standard InChI is InChI=1S/C10H19N3O2.ClH/c1-7(6-13-8(2)11)4-3-5-9(12)10(14)15;/h4,9H,3,5-6,12H2,1-2H3,(H2,11,13)(H,14,15);1H/b7-4-;/t9-;/m0./s1. The molecule has 0 aliphatic heterocycles. The highest BCUT2D eigenvalue weighted by Crippen LogP contribution is 2.01. The summed E-state index contributed by atoms with van der Waals surface area (Å²) in [5, 5.41) is 8.54. The van der Waals surface area contributed by atoms with Crippen LogP contribution in [0.15, 0.2) is 16.6 Å². The van der Waals surface area contributed by atoms with E-state index in [1.54, 1.807) is 6.92 Å². The van der Waals surface area contributed by atoms with Crippen molar-refractivity contribution in [1.82, 2.24) is 0 Å². The first-order chi connectivity index (χ1) is 6.93. The van der Waals surface area contributed by atoms with E-state index in [0.29, 0.717) is 25.2 Å². The van der Waals surface area contributed by atoms with Crippen LogP contribution in [0.3, 0.4) is 0 Å². The van der Waals surface area contributed by atoms with Gasteiger partial charge in [-0.25, -0.2) is 0 Å². The van der Waals surface area contributed by atoms with E-state index in [0.717, 1.165) is 5.57 Å². The minimum atomic E-state index is -0.961. The number of aliphatic imine (C=N–C) groups is 1. The molecule has 0 rings (SSSR count). The normalized spacial score (nSPS) is 14.2. The van der Waals surface area contributed by atoms with Gasteiger partial charge in [0.05, 0.1) is 12.4 Å². The van der Waals surface area contributed by atoms with Gasteiger partial charge in [0.2, 0.25) is 0 Å². The fraction of sp³-hybridized carbons (Fsp3) is 0.600. The molecular formula is C10H20ClN3O2. The SMILES string of the molecule is CC(N)=NC/C(C)=C\CC[C@H](N)C(=O)O.Cl. The van der Waals surface area contributed by atoms with Crippen LogP contribution in [0.5, 0.6) is 0 Å². The first-order valence-electron chi connectivity index (χ1n) is 4.84. The van der Waals surface area contributed by atoms with Crippen molar-refractivity contribution in [3.63, 3.8) is 0 Å². The first kappa shape index (κ1) is 17.3. The van der Waals surface area contributed by atoms with E-state index >= 15 is 0 Å². The second kappa shape index (κ2) is 9.18. The van der Waals surface area contributed by atoms with Gasteiger partial charge in [-0.05, 0) is 26.7 Å². The molecule has 0 bridgehead atoms. The Bertz CT molecular complexity index is 273. The van der Waals surface area contributed by atoms with Crippen molar-refractivity contribution in [1.29, 1.82) is 0 Å². The molecule has 0 aliphatic rings. The molecule has 5 N–H and O–H groups in total. The molecule has 0 unspecified atom stereocenters. The molecule has 0 heterocycles. The van der Waals surface area contributed by atoms with Gasteiger partial charge in [-0.15, -0.1) is 12.4 Å². The van der Waals surface area contributed by atoms with E-state index in [1.807, 2.05) is 13.0 Å². The van der Waals surface area contributed by atoms with Gasteiger partial charge >= 0.3 is 5.97 Å². The lowest BCUT2D eigenvalue weighted by Crippen LogP contribution is -2.29. The summed E-state index contributed by atoms with van der Waals surface area (Å²) >= 11 is 0. The zero-order chi connectivity index (χ0) is 11.8. The van der Waals surface area contributed by atoms with Crippen LogP contribution in [0, 0.1) is 0 Å². The minimum Gasteiger partial charge on any atom is -0.480 e. The van der Waals surface area contributed by atoms with Crippen LogP contribution in [0.4, 0.5) is 0 Å². The third-order valence-electron chi connectivity index (χ3n) is 1.87. The summed E-state index contributed by atoms with van der Waals surface area (Å²) in [6.07, 6.45) is 3.03. The summed E-state index contributed by atoms with van der Waals surface area (Å²) in [6, 6.07) is -0.784. The van der Waals surface area contributed by atoms with Gasteiger partial charge in [0, 0.05) is 0 Å². The lowest BCUT2D eigenvalue weighted by atomic mass is 10.1. The smallest absolute Gasteiger partial charge is 0.320 e. The third kappa shape index (κ3) is 9.48. The maximum Gasteiger partial charge on any atom is 0.320 e. The molecule has 6 heteroatoms. The van der Waals surface area contributed by atoms with E-state index in [1.165, 1.54) is 0 Å². The molecule has 0 amide bonds. The molecule has 0 aliphatic carbocycles. The van der Waals surface area contributed by atoms with Gasteiger partial charge in [-0.3, -0.25) is 9.79 Å². The number of halogens is 1. The molecule has 0 aromatic carbocycles. The molecule has 0 saturated carbocycles. The Balaban J connectivity index is 0. The van der Waals surface area contributed by atoms with Gasteiger partial charge in [-0.2, -0.15) is 0 Å². The molecule has 0 aromatic rings. The number of allylic oxidation sites excluding steroid dienone is 1. The Morgan fingerprint density at radius 2 is 2.06 bits per heavy atom. The second-order valence-corrected chi connectivity index (χ2v) is 3.53. The Hall–Kier alpha value is -1.07. The Kier molecular flexibility index (Phi) is 9.94. The number of rotatable bonds is 6. The number of nitrogens with zero attached hydrogens (tertiary/aromatic N) is 1. The predicted molar refractivity (Wildman–Crippen MR) is 68.0 cm³/mol. The van der Waals surface area contributed by atoms with Crippen molar-refractivity contribution in [3.05, 3.63) is 11.6 Å². The molecule has 16 heavy (non-hydrogen) atoms. The van der Waals surface area contributed by atoms with E-state index in [4.69, 9.17) is 16.6 Å². The molecule has 0 saturated heterocycles. The molecule has 1 atom stereocenters. The highest BCUT2D eigenvalue weighted by atomic mass is 35.5. The maximum atomic E-state index is 10.4. The Morgan fingerprint density at radius 3 is 2.50 bits per heavy atom. The number of carbonyl (C=O) groups is 1. The molecule has 0 aromatic heterocycles. The Labute approximate surface area is 102 Å². The van der Waals surface area contributed by atoms with E-state index < -0.39 is 12.0 Å². The minimum absolute atomic E-state index is 0. The molecule has 5 nitrogen and oxygen atoms in total. The predicted octanol–water partition coefficient (Wildman–Crippen LogP) is 0.924. The topological polar surface area (TPSA) is 102 Å². The van der Waals surface area contributed by atoms with Gasteiger partial charge < -0.3 is 16.6 Å². The average Bonchev–Trinajstić information content (AvgIpc) is 2.14. The van der Waals surface area contributed by atoms with E-state index in [-0.39, 0.29) is 12.4 Å². The zero-order valence-corrected chi connectivity index (χ0v) is 10.5. The van der Waals surface area contributed by atoms with Crippen LogP contribution in [0.1, 0.15) is 26.7 Å². The molecule has 0 fully saturated rings. The van der Waals surface area contributed by atoms with Crippen molar-refractivity contribution in [2.24, 2.45) is 16.5 Å². The third-order valence-corrected chi connectivity index (χ3v) is 1.87. The summed E-state index contributed by atoms with van der Waals surface area (Å²) in [6.45, 7) is 4.22. The first-order valence-corrected chi connectivity index (χ1v) is 4.84. The number of aliphatic carboxylic acids is 1. The van der Waals surface area contributed by atoms with Gasteiger partial charge in [0.25, 0.3) is 0 Å². The van der Waals surface area contributed by atoms with Gasteiger partial charge in [0.1, 0.15) is 6.04 Å². The summed E-state index contributed by atoms with van der Waals surface area (Å²) in [7, 11) is 0. The lowest BCUT2D eigenvalue weighted by molar-refractivity contribution is -0.138. The molecular weight excluding hydrogens is 230 g/mol. The van der Waals surface area contributed by atoms with Crippen molar-refractivity contribution in [3.8, 4) is 0 Å². The van der Waals surface area contributed by atoms with Crippen LogP contribution in [-0.2, 0) is 4.79 Å². The van der Waals surface area contributed by atoms with Crippen LogP contribution < -0.4 is 11.5 Å². The largest absolute Gasteiger partial charge is 0.480 e. The van der Waals surface area contributed by atoms with Crippen LogP contribution in [0.2, 0.25) is 0 Å². The second-order valence-electron chi connectivity index (χ2n) is 3.53. The lowest BCUT2D eigenvalue weighted by Gasteiger charge is -2.03. The van der Waals surface area contributed by atoms with E-state index in [9.17, 15) is 4.79 Å². The van der Waals surface area contributed by atoms with Crippen molar-refractivity contribution >= 4 is 24.2 Å². The highest BCUT2D eigenvalue weighted by Gasteiger charge is 2.09. The van der Waals surface area contributed by atoms with Gasteiger partial charge in [0.15, 0.2) is 0 Å². The van der Waals surface area contributed by atoms with Crippen LogP contribution >= 0.6 is 12.4 Å². The number of hydrogen-bond donors (Lipinski definition) is 3. The number of carboxylic acids is 1. The van der Waals surface area contributed by atoms with Crippen molar-refractivity contribution in [2.45, 2.75) is 32.7 Å². The summed E-state index contributed by atoms with van der Waals surface area (Å²) in [5.41, 5.74) is 11.8. The van der Waals surface area contributed by atoms with Crippen LogP contribution in [-0.4, -0.2) is 29.5 Å². The maximum absolute atomic E-state index is 10.4.